The van der Waals surface area contributed by atoms with E-state index in [4.69, 9.17) is 4.42 Å². The minimum atomic E-state index is -1.23. The van der Waals surface area contributed by atoms with Crippen LogP contribution in [0.1, 0.15) is 25.3 Å². The number of nitrogens with zero attached hydrogens (tertiary/aromatic N) is 2. The van der Waals surface area contributed by atoms with E-state index in [9.17, 15) is 0 Å². The van der Waals surface area contributed by atoms with Gasteiger partial charge in [-0.15, -0.1) is 53.6 Å². The van der Waals surface area contributed by atoms with Crippen LogP contribution in [0.15, 0.2) is 102 Å². The summed E-state index contributed by atoms with van der Waals surface area (Å²) in [6.07, 6.45) is 3.82. The van der Waals surface area contributed by atoms with Crippen LogP contribution in [-0.4, -0.2) is 18.0 Å². The maximum atomic E-state index is 6.16. The van der Waals surface area contributed by atoms with E-state index in [-0.39, 0.29) is 20.1 Å². The van der Waals surface area contributed by atoms with E-state index in [1.54, 1.807) is 6.20 Å². The number of furan rings is 1. The van der Waals surface area contributed by atoms with Gasteiger partial charge in [0.15, 0.2) is 0 Å². The molecule has 3 nitrogen and oxygen atoms in total. The Hall–Kier alpha value is -3.37. The predicted molar refractivity (Wildman–Crippen MR) is 161 cm³/mol. The van der Waals surface area contributed by atoms with Crippen molar-refractivity contribution in [2.75, 3.05) is 0 Å². The Kier molecular flexibility index (Phi) is 8.96. The summed E-state index contributed by atoms with van der Waals surface area (Å²) in [7, 11) is -1.23. The molecule has 6 rings (SSSR count). The molecule has 0 saturated heterocycles. The molecule has 0 amide bonds. The molecule has 0 saturated carbocycles. The first kappa shape index (κ1) is 28.6. The summed E-state index contributed by atoms with van der Waals surface area (Å²) in [5.41, 5.74) is 6.94. The Morgan fingerprint density at radius 1 is 0.795 bits per heavy atom. The standard InChI is InChI=1S/C20H16NO.C14H16NSi.Ir/c1-13(2)14-10-11-15(17-8-5-6-12-21-17)20-19(14)16-7-3-4-9-18(16)22-20;1-16(2,3)13-9-10-14(15-11-13)12-7-5-4-6-8-12;/h3-10,12-13H,1-2H3;4-7,9-11H,1-3H3;/q2*-1;. The van der Waals surface area contributed by atoms with Gasteiger partial charge in [0, 0.05) is 37.9 Å². The summed E-state index contributed by atoms with van der Waals surface area (Å²) in [6, 6.07) is 35.0. The Morgan fingerprint density at radius 2 is 1.56 bits per heavy atom. The Bertz CT molecular complexity index is 1660. The van der Waals surface area contributed by atoms with Gasteiger partial charge in [0.25, 0.3) is 0 Å². The third kappa shape index (κ3) is 6.28. The van der Waals surface area contributed by atoms with Crippen molar-refractivity contribution < 1.29 is 24.5 Å². The molecule has 5 heteroatoms. The van der Waals surface area contributed by atoms with Gasteiger partial charge >= 0.3 is 0 Å². The number of hydrogen-bond acceptors (Lipinski definition) is 3. The third-order valence-electron chi connectivity index (χ3n) is 6.64. The van der Waals surface area contributed by atoms with Gasteiger partial charge < -0.3 is 14.4 Å². The number of rotatable bonds is 4. The van der Waals surface area contributed by atoms with Crippen molar-refractivity contribution in [1.29, 1.82) is 0 Å². The molecule has 3 aromatic carbocycles. The first-order chi connectivity index (χ1) is 18.3. The molecule has 0 atom stereocenters. The average Bonchev–Trinajstić information content (AvgIpc) is 3.33. The summed E-state index contributed by atoms with van der Waals surface area (Å²) in [4.78, 5) is 8.97. The second-order valence-corrected chi connectivity index (χ2v) is 15.8. The van der Waals surface area contributed by atoms with Gasteiger partial charge in [-0.3, -0.25) is 0 Å². The molecule has 0 spiro atoms. The molecule has 0 bridgehead atoms. The number of pyridine rings is 2. The normalized spacial score (nSPS) is 11.2. The first-order valence-corrected chi connectivity index (χ1v) is 16.5. The van der Waals surface area contributed by atoms with E-state index in [2.05, 4.69) is 85.9 Å². The van der Waals surface area contributed by atoms with Crippen molar-refractivity contribution in [3.05, 3.63) is 115 Å². The molecular formula is C34H32IrN2OSi-2. The molecule has 0 N–H and O–H groups in total. The monoisotopic (exact) mass is 705 g/mol. The molecule has 1 radical (unpaired) electrons. The summed E-state index contributed by atoms with van der Waals surface area (Å²) < 4.78 is 6.16. The molecule has 0 unspecified atom stereocenters. The molecule has 39 heavy (non-hydrogen) atoms. The van der Waals surface area contributed by atoms with Crippen LogP contribution >= 0.6 is 0 Å². The van der Waals surface area contributed by atoms with Crippen molar-refractivity contribution in [2.45, 2.75) is 39.4 Å². The number of para-hydroxylation sites is 1. The molecule has 0 aliphatic heterocycles. The fourth-order valence-electron chi connectivity index (χ4n) is 4.50. The molecule has 0 aliphatic rings. The molecule has 0 aliphatic carbocycles. The van der Waals surface area contributed by atoms with Crippen LogP contribution in [0, 0.1) is 12.1 Å². The molecule has 0 fully saturated rings. The Morgan fingerprint density at radius 3 is 2.21 bits per heavy atom. The van der Waals surface area contributed by atoms with Gasteiger partial charge in [0.05, 0.1) is 13.7 Å². The van der Waals surface area contributed by atoms with E-state index in [1.165, 1.54) is 16.1 Å². The molecule has 199 valence electrons. The van der Waals surface area contributed by atoms with Crippen LogP contribution in [0.4, 0.5) is 0 Å². The molecule has 3 aromatic heterocycles. The fourth-order valence-corrected chi connectivity index (χ4v) is 5.54. The van der Waals surface area contributed by atoms with Crippen LogP contribution in [0.5, 0.6) is 0 Å². The summed E-state index contributed by atoms with van der Waals surface area (Å²) in [5, 5.41) is 3.74. The predicted octanol–water partition coefficient (Wildman–Crippen LogP) is 8.66. The quantitative estimate of drug-likeness (QED) is 0.136. The van der Waals surface area contributed by atoms with Gasteiger partial charge in [-0.05, 0) is 28.7 Å². The fraction of sp³-hybridized carbons (Fsp3) is 0.176. The Labute approximate surface area is 245 Å². The van der Waals surface area contributed by atoms with Crippen molar-refractivity contribution in [1.82, 2.24) is 9.97 Å². The van der Waals surface area contributed by atoms with Crippen LogP contribution < -0.4 is 5.19 Å². The average molecular weight is 705 g/mol. The summed E-state index contributed by atoms with van der Waals surface area (Å²) in [5.74, 6) is 0.414. The smallest absolute Gasteiger partial charge is 0.120 e. The van der Waals surface area contributed by atoms with E-state index < -0.39 is 8.07 Å². The number of aromatic nitrogens is 2. The zero-order chi connectivity index (χ0) is 26.7. The number of hydrogen-bond donors (Lipinski definition) is 0. The summed E-state index contributed by atoms with van der Waals surface area (Å²) in [6.45, 7) is 11.4. The topological polar surface area (TPSA) is 38.9 Å². The third-order valence-corrected chi connectivity index (χ3v) is 8.67. The molecule has 3 heterocycles. The van der Waals surface area contributed by atoms with E-state index in [0.717, 1.165) is 39.1 Å². The second-order valence-electron chi connectivity index (χ2n) is 10.7. The molecule has 6 aromatic rings. The van der Waals surface area contributed by atoms with Gasteiger partial charge in [0.1, 0.15) is 5.58 Å². The first-order valence-electron chi connectivity index (χ1n) is 13.0. The van der Waals surface area contributed by atoms with Crippen LogP contribution in [0.2, 0.25) is 19.6 Å². The van der Waals surface area contributed by atoms with Crippen molar-refractivity contribution in [3.63, 3.8) is 0 Å². The summed E-state index contributed by atoms with van der Waals surface area (Å²) >= 11 is 0. The zero-order valence-corrected chi connectivity index (χ0v) is 26.3. The van der Waals surface area contributed by atoms with Crippen LogP contribution in [-0.2, 0) is 20.1 Å². The van der Waals surface area contributed by atoms with Crippen molar-refractivity contribution >= 4 is 35.2 Å². The van der Waals surface area contributed by atoms with Gasteiger partial charge in [-0.2, -0.15) is 0 Å². The minimum Gasteiger partial charge on any atom is -0.501 e. The van der Waals surface area contributed by atoms with Crippen molar-refractivity contribution in [3.8, 4) is 22.5 Å². The van der Waals surface area contributed by atoms with E-state index in [0.29, 0.717) is 5.92 Å². The van der Waals surface area contributed by atoms with Crippen LogP contribution in [0.3, 0.4) is 0 Å². The Balaban J connectivity index is 0.000000186. The zero-order valence-electron chi connectivity index (χ0n) is 23.0. The maximum Gasteiger partial charge on any atom is 0.120 e. The van der Waals surface area contributed by atoms with Crippen LogP contribution in [0.25, 0.3) is 44.5 Å². The van der Waals surface area contributed by atoms with Gasteiger partial charge in [0.2, 0.25) is 0 Å². The largest absolute Gasteiger partial charge is 0.501 e. The number of fused-ring (bicyclic) bond motifs is 3. The maximum absolute atomic E-state index is 6.16. The second kappa shape index (κ2) is 12.2. The van der Waals surface area contributed by atoms with Gasteiger partial charge in [-0.1, -0.05) is 92.8 Å². The number of benzene rings is 3. The van der Waals surface area contributed by atoms with Gasteiger partial charge in [-0.25, -0.2) is 0 Å². The molecular weight excluding hydrogens is 673 g/mol. The van der Waals surface area contributed by atoms with Crippen molar-refractivity contribution in [2.24, 2.45) is 0 Å². The van der Waals surface area contributed by atoms with E-state index in [1.807, 2.05) is 60.8 Å². The van der Waals surface area contributed by atoms with E-state index >= 15 is 0 Å². The minimum absolute atomic E-state index is 0. The SMILES string of the molecule is CC(C)c1c[c-]c(-c2ccccn2)c2oc3ccccc3c12.C[Si](C)(C)c1ccc(-c2[c-]cccc2)nc1.[Ir].